The van der Waals surface area contributed by atoms with Crippen molar-refractivity contribution in [2.75, 3.05) is 5.32 Å². The Morgan fingerprint density at radius 2 is 1.87 bits per heavy atom. The number of thiazole rings is 1. The number of carbonyl (C=O) groups excluding carboxylic acids is 1. The zero-order valence-electron chi connectivity index (χ0n) is 21.1. The van der Waals surface area contributed by atoms with E-state index >= 15 is 0 Å². The van der Waals surface area contributed by atoms with Gasteiger partial charge in [-0.05, 0) is 43.3 Å². The smallest absolute Gasteiger partial charge is 0.416 e. The fourth-order valence-electron chi connectivity index (χ4n) is 3.41. The molecule has 0 bridgehead atoms. The molecule has 1 amide bonds. The highest BCUT2D eigenvalue weighted by molar-refractivity contribution is 7.15. The first kappa shape index (κ1) is 29.4. The molecule has 2 heterocycles. The number of benzene rings is 2. The van der Waals surface area contributed by atoms with Crippen LogP contribution in [0.3, 0.4) is 0 Å². The van der Waals surface area contributed by atoms with E-state index < -0.39 is 24.3 Å². The lowest BCUT2D eigenvalue weighted by molar-refractivity contribution is -0.137. The zero-order valence-corrected chi connectivity index (χ0v) is 21.9. The standard InChI is InChI=1S/C25H18F5N3O3S.C2H6/c1-14(2)35-21-15(5-3-8-19(21)36-23(26)27)9-10-18-20(33-11-12-37-24(33)32-18)22(34)31-17-7-4-6-16(13-17)25(28,29)30;1-2/h3-13,23H,1H2,2H3,(H,31,34);1-2H3/b10-9+;. The van der Waals surface area contributed by atoms with Gasteiger partial charge in [-0.1, -0.05) is 38.6 Å². The number of halogens is 5. The minimum atomic E-state index is -4.57. The van der Waals surface area contributed by atoms with E-state index in [4.69, 9.17) is 4.74 Å². The van der Waals surface area contributed by atoms with Crippen molar-refractivity contribution in [3.63, 3.8) is 0 Å². The number of nitrogens with zero attached hydrogens (tertiary/aromatic N) is 2. The lowest BCUT2D eigenvalue weighted by Gasteiger charge is -2.14. The number of ether oxygens (including phenoxy) is 2. The van der Waals surface area contributed by atoms with Gasteiger partial charge in [0.1, 0.15) is 5.69 Å². The minimum Gasteiger partial charge on any atom is -0.458 e. The number of rotatable bonds is 8. The number of allylic oxidation sites excluding steroid dienone is 1. The molecule has 0 aliphatic heterocycles. The maximum atomic E-state index is 13.1. The SMILES string of the molecule is C=C(C)Oc1c(/C=C/c2nc3sccn3c2C(=O)Nc2cccc(C(F)(F)F)c2)cccc1OC(F)F.CC. The number of hydrogen-bond acceptors (Lipinski definition) is 5. The summed E-state index contributed by atoms with van der Waals surface area (Å²) < 4.78 is 76.5. The van der Waals surface area contributed by atoms with E-state index in [0.717, 1.165) is 12.1 Å². The van der Waals surface area contributed by atoms with Crippen molar-refractivity contribution in [2.45, 2.75) is 33.6 Å². The second-order valence-electron chi connectivity index (χ2n) is 7.62. The van der Waals surface area contributed by atoms with Crippen molar-refractivity contribution in [1.29, 1.82) is 0 Å². The third-order valence-corrected chi connectivity index (χ3v) is 5.63. The van der Waals surface area contributed by atoms with E-state index in [0.29, 0.717) is 10.5 Å². The molecule has 206 valence electrons. The summed E-state index contributed by atoms with van der Waals surface area (Å²) in [6.45, 7) is 6.07. The fraction of sp³-hybridized carbons (Fsp3) is 0.185. The van der Waals surface area contributed by atoms with E-state index in [9.17, 15) is 26.7 Å². The Hall–Kier alpha value is -4.19. The molecular weight excluding hydrogens is 541 g/mol. The molecule has 0 spiro atoms. The van der Waals surface area contributed by atoms with Gasteiger partial charge in [-0.3, -0.25) is 9.20 Å². The quantitative estimate of drug-likeness (QED) is 0.172. The Balaban J connectivity index is 0.00000205. The van der Waals surface area contributed by atoms with E-state index in [2.05, 4.69) is 21.6 Å². The normalized spacial score (nSPS) is 11.4. The van der Waals surface area contributed by atoms with Crippen LogP contribution in [-0.4, -0.2) is 21.9 Å². The highest BCUT2D eigenvalue weighted by Crippen LogP contribution is 2.35. The Morgan fingerprint density at radius 1 is 1.15 bits per heavy atom. The van der Waals surface area contributed by atoms with Gasteiger partial charge >= 0.3 is 12.8 Å². The van der Waals surface area contributed by atoms with Gasteiger partial charge in [-0.2, -0.15) is 22.0 Å². The summed E-state index contributed by atoms with van der Waals surface area (Å²) in [7, 11) is 0. The topological polar surface area (TPSA) is 64.9 Å². The maximum Gasteiger partial charge on any atom is 0.416 e. The van der Waals surface area contributed by atoms with Crippen LogP contribution in [0, 0.1) is 0 Å². The zero-order chi connectivity index (χ0) is 28.7. The van der Waals surface area contributed by atoms with Gasteiger partial charge in [0, 0.05) is 22.8 Å². The average molecular weight is 566 g/mol. The average Bonchev–Trinajstić information content (AvgIpc) is 3.45. The second-order valence-corrected chi connectivity index (χ2v) is 8.50. The number of para-hydroxylation sites is 1. The number of carbonyl (C=O) groups is 1. The van der Waals surface area contributed by atoms with Gasteiger partial charge < -0.3 is 14.8 Å². The largest absolute Gasteiger partial charge is 0.458 e. The van der Waals surface area contributed by atoms with Gasteiger partial charge in [0.15, 0.2) is 16.5 Å². The molecule has 6 nitrogen and oxygen atoms in total. The van der Waals surface area contributed by atoms with Gasteiger partial charge in [-0.15, -0.1) is 11.3 Å². The summed E-state index contributed by atoms with van der Waals surface area (Å²) in [5, 5.41) is 4.17. The lowest BCUT2D eigenvalue weighted by atomic mass is 10.1. The summed E-state index contributed by atoms with van der Waals surface area (Å²) in [6.07, 6.45) is -0.0201. The number of imidazole rings is 1. The van der Waals surface area contributed by atoms with Gasteiger partial charge in [0.05, 0.1) is 17.0 Å². The van der Waals surface area contributed by atoms with Crippen LogP contribution < -0.4 is 14.8 Å². The van der Waals surface area contributed by atoms with Crippen LogP contribution in [0.25, 0.3) is 17.1 Å². The number of aromatic nitrogens is 2. The molecule has 0 saturated heterocycles. The Kier molecular flexibility index (Phi) is 9.47. The number of hydrogen-bond donors (Lipinski definition) is 1. The molecule has 39 heavy (non-hydrogen) atoms. The molecular formula is C27H24F5N3O3S. The van der Waals surface area contributed by atoms with Crippen molar-refractivity contribution in [2.24, 2.45) is 0 Å². The monoisotopic (exact) mass is 565 g/mol. The molecule has 0 aliphatic carbocycles. The summed E-state index contributed by atoms with van der Waals surface area (Å²) in [5.41, 5.74) is -0.365. The van der Waals surface area contributed by atoms with E-state index in [1.807, 2.05) is 13.8 Å². The van der Waals surface area contributed by atoms with E-state index in [1.165, 1.54) is 59.1 Å². The maximum absolute atomic E-state index is 13.1. The number of nitrogens with one attached hydrogen (secondary N) is 1. The molecule has 2 aromatic heterocycles. The molecule has 0 atom stereocenters. The predicted molar refractivity (Wildman–Crippen MR) is 141 cm³/mol. The van der Waals surface area contributed by atoms with Crippen LogP contribution in [-0.2, 0) is 6.18 Å². The lowest BCUT2D eigenvalue weighted by Crippen LogP contribution is -2.16. The van der Waals surface area contributed by atoms with Crippen LogP contribution in [0.5, 0.6) is 11.5 Å². The number of anilines is 1. The van der Waals surface area contributed by atoms with Crippen LogP contribution in [0.2, 0.25) is 0 Å². The van der Waals surface area contributed by atoms with Crippen molar-refractivity contribution in [1.82, 2.24) is 9.38 Å². The van der Waals surface area contributed by atoms with Gasteiger partial charge in [0.25, 0.3) is 5.91 Å². The van der Waals surface area contributed by atoms with Crippen LogP contribution >= 0.6 is 11.3 Å². The number of fused-ring (bicyclic) bond motifs is 1. The van der Waals surface area contributed by atoms with Crippen molar-refractivity contribution >= 4 is 40.0 Å². The first-order valence-electron chi connectivity index (χ1n) is 11.6. The first-order chi connectivity index (χ1) is 18.5. The fourth-order valence-corrected chi connectivity index (χ4v) is 4.13. The molecule has 0 unspecified atom stereocenters. The molecule has 1 N–H and O–H groups in total. The molecule has 0 fully saturated rings. The Labute approximate surface area is 225 Å². The van der Waals surface area contributed by atoms with Crippen molar-refractivity contribution < 1.29 is 36.2 Å². The second kappa shape index (κ2) is 12.6. The summed E-state index contributed by atoms with van der Waals surface area (Å²) in [6, 6.07) is 8.62. The highest BCUT2D eigenvalue weighted by atomic mass is 32.1. The molecule has 0 aliphatic rings. The third kappa shape index (κ3) is 7.23. The summed E-state index contributed by atoms with van der Waals surface area (Å²) >= 11 is 1.24. The number of alkyl halides is 5. The Morgan fingerprint density at radius 3 is 2.54 bits per heavy atom. The van der Waals surface area contributed by atoms with Crippen molar-refractivity contribution in [3.8, 4) is 11.5 Å². The molecule has 2 aromatic carbocycles. The summed E-state index contributed by atoms with van der Waals surface area (Å²) in [5.74, 6) is -0.697. The van der Waals surface area contributed by atoms with E-state index in [-0.39, 0.29) is 34.3 Å². The first-order valence-corrected chi connectivity index (χ1v) is 12.4. The molecule has 0 radical (unpaired) electrons. The predicted octanol–water partition coefficient (Wildman–Crippen LogP) is 8.38. The van der Waals surface area contributed by atoms with Crippen molar-refractivity contribution in [3.05, 3.63) is 88.9 Å². The minimum absolute atomic E-state index is 0.0115. The van der Waals surface area contributed by atoms with Crippen LogP contribution in [0.4, 0.5) is 27.6 Å². The van der Waals surface area contributed by atoms with Crippen LogP contribution in [0.15, 0.2) is 66.4 Å². The van der Waals surface area contributed by atoms with Gasteiger partial charge in [-0.25, -0.2) is 4.98 Å². The molecule has 12 heteroatoms. The van der Waals surface area contributed by atoms with Crippen LogP contribution in [0.1, 0.15) is 48.1 Å². The molecule has 4 aromatic rings. The summed E-state index contributed by atoms with van der Waals surface area (Å²) in [4.78, 5) is 18.0. The van der Waals surface area contributed by atoms with E-state index in [1.54, 1.807) is 17.6 Å². The highest BCUT2D eigenvalue weighted by Gasteiger charge is 2.30. The third-order valence-electron chi connectivity index (χ3n) is 4.87. The number of amides is 1. The molecule has 0 saturated carbocycles. The Bertz CT molecular complexity index is 1490. The van der Waals surface area contributed by atoms with Gasteiger partial charge in [0.2, 0.25) is 0 Å². The molecule has 4 rings (SSSR count).